The number of nitrogens with zero attached hydrogens (tertiary/aromatic N) is 8. The zero-order valence-electron chi connectivity index (χ0n) is 16.5. The zero-order chi connectivity index (χ0) is 21.3. The Bertz CT molecular complexity index is 874. The molecule has 0 aliphatic heterocycles. The smallest absolute Gasteiger partial charge is 0.231 e. The summed E-state index contributed by atoms with van der Waals surface area (Å²) >= 11 is 24.2. The lowest BCUT2D eigenvalue weighted by atomic mass is 9.49. The lowest BCUT2D eigenvalue weighted by Gasteiger charge is -2.66. The molecule has 30 heavy (non-hydrogen) atoms. The highest BCUT2D eigenvalue weighted by molar-refractivity contribution is 6.31. The van der Waals surface area contributed by atoms with Gasteiger partial charge in [0.25, 0.3) is 0 Å². The molecule has 4 aliphatic rings. The van der Waals surface area contributed by atoms with Crippen LogP contribution >= 0.6 is 46.4 Å². The molecule has 0 radical (unpaired) electrons. The molecule has 0 spiro atoms. The quantitative estimate of drug-likeness (QED) is 0.627. The maximum atomic E-state index is 6.06. The van der Waals surface area contributed by atoms with Gasteiger partial charge in [-0.25, -0.2) is 0 Å². The van der Waals surface area contributed by atoms with Crippen molar-refractivity contribution in [1.82, 2.24) is 29.9 Å². The first-order valence-corrected chi connectivity index (χ1v) is 11.3. The molecule has 0 aromatic carbocycles. The van der Waals surface area contributed by atoms with Crippen molar-refractivity contribution in [3.05, 3.63) is 21.1 Å². The number of halogens is 4. The Morgan fingerprint density at radius 2 is 0.967 bits per heavy atom. The average Bonchev–Trinajstić information content (AvgIpc) is 2.64. The zero-order valence-corrected chi connectivity index (χ0v) is 19.5. The van der Waals surface area contributed by atoms with Gasteiger partial charge in [-0.2, -0.15) is 29.9 Å². The SMILES string of the molecule is CN(c1nc(Cl)nc(Cl)n1)C12CC3CC(C1)CC(N(C)c1nc(Cl)nc(Cl)n1)(C3)C2. The van der Waals surface area contributed by atoms with E-state index in [2.05, 4.69) is 39.7 Å². The minimum atomic E-state index is -0.104. The number of hydrogen-bond acceptors (Lipinski definition) is 8. The van der Waals surface area contributed by atoms with E-state index < -0.39 is 0 Å². The molecule has 4 fully saturated rings. The summed E-state index contributed by atoms with van der Waals surface area (Å²) in [6, 6.07) is 0. The molecule has 0 atom stereocenters. The van der Waals surface area contributed by atoms with Gasteiger partial charge in [-0.05, 0) is 96.8 Å². The third-order valence-corrected chi connectivity index (χ3v) is 7.84. The van der Waals surface area contributed by atoms with Crippen molar-refractivity contribution >= 4 is 58.3 Å². The molecule has 0 N–H and O–H groups in total. The van der Waals surface area contributed by atoms with E-state index in [1.165, 1.54) is 6.42 Å². The Morgan fingerprint density at radius 3 is 1.30 bits per heavy atom. The summed E-state index contributed by atoms with van der Waals surface area (Å²) < 4.78 is 0. The Labute approximate surface area is 194 Å². The number of hydrogen-bond donors (Lipinski definition) is 0. The van der Waals surface area contributed by atoms with Crippen molar-refractivity contribution in [2.24, 2.45) is 11.8 Å². The second-order valence-corrected chi connectivity index (χ2v) is 10.2. The van der Waals surface area contributed by atoms with Crippen molar-refractivity contribution in [3.63, 3.8) is 0 Å². The number of rotatable bonds is 4. The Balaban J connectivity index is 1.53. The summed E-state index contributed by atoms with van der Waals surface area (Å²) in [7, 11) is 4.05. The maximum absolute atomic E-state index is 6.06. The molecule has 0 amide bonds. The van der Waals surface area contributed by atoms with Crippen LogP contribution in [0.25, 0.3) is 0 Å². The van der Waals surface area contributed by atoms with Crippen LogP contribution in [-0.4, -0.2) is 55.1 Å². The third-order valence-electron chi connectivity index (χ3n) is 7.16. The highest BCUT2D eigenvalue weighted by Gasteiger charge is 2.61. The van der Waals surface area contributed by atoms with Crippen LogP contribution in [0.3, 0.4) is 0 Å². The second kappa shape index (κ2) is 7.15. The van der Waals surface area contributed by atoms with E-state index in [9.17, 15) is 0 Å². The van der Waals surface area contributed by atoms with Crippen molar-refractivity contribution < 1.29 is 0 Å². The molecule has 6 rings (SSSR count). The fourth-order valence-electron chi connectivity index (χ4n) is 6.31. The molecule has 4 saturated carbocycles. The van der Waals surface area contributed by atoms with Crippen molar-refractivity contribution in [3.8, 4) is 0 Å². The van der Waals surface area contributed by atoms with E-state index in [1.54, 1.807) is 0 Å². The van der Waals surface area contributed by atoms with Crippen LogP contribution in [0.1, 0.15) is 38.5 Å². The largest absolute Gasteiger partial charge is 0.338 e. The summed E-state index contributed by atoms with van der Waals surface area (Å²) in [5.74, 6) is 2.20. The summed E-state index contributed by atoms with van der Waals surface area (Å²) in [4.78, 5) is 29.5. The molecule has 2 aromatic heterocycles. The number of aromatic nitrogens is 6. The normalized spacial score (nSPS) is 31.8. The molecule has 2 heterocycles. The minimum Gasteiger partial charge on any atom is -0.338 e. The van der Waals surface area contributed by atoms with Crippen LogP contribution in [0.5, 0.6) is 0 Å². The van der Waals surface area contributed by atoms with E-state index >= 15 is 0 Å². The maximum Gasteiger partial charge on any atom is 0.231 e. The molecule has 2 aromatic rings. The van der Waals surface area contributed by atoms with Gasteiger partial charge in [0.05, 0.1) is 0 Å². The highest BCUT2D eigenvalue weighted by Crippen LogP contribution is 2.61. The fraction of sp³-hybridized carbons (Fsp3) is 0.667. The molecule has 4 bridgehead atoms. The van der Waals surface area contributed by atoms with E-state index in [0.29, 0.717) is 23.7 Å². The van der Waals surface area contributed by atoms with Crippen LogP contribution in [0, 0.1) is 11.8 Å². The summed E-state index contributed by atoms with van der Waals surface area (Å²) in [6.07, 6.45) is 6.47. The first kappa shape index (κ1) is 20.7. The predicted octanol–water partition coefficient (Wildman–Crippen LogP) is 4.33. The molecule has 12 heteroatoms. The van der Waals surface area contributed by atoms with Gasteiger partial charge in [-0.1, -0.05) is 0 Å². The summed E-state index contributed by atoms with van der Waals surface area (Å²) in [5.41, 5.74) is -0.208. The van der Waals surface area contributed by atoms with Gasteiger partial charge in [0.15, 0.2) is 0 Å². The average molecular weight is 490 g/mol. The first-order valence-electron chi connectivity index (χ1n) is 9.80. The van der Waals surface area contributed by atoms with Gasteiger partial charge in [-0.15, -0.1) is 0 Å². The topological polar surface area (TPSA) is 83.8 Å². The summed E-state index contributed by atoms with van der Waals surface area (Å²) in [5, 5.41) is 0.400. The Hall–Kier alpha value is -1.22. The molecule has 4 aliphatic carbocycles. The van der Waals surface area contributed by atoms with Gasteiger partial charge in [0, 0.05) is 25.2 Å². The Morgan fingerprint density at radius 1 is 0.633 bits per heavy atom. The molecule has 0 unspecified atom stereocenters. The van der Waals surface area contributed by atoms with Crippen LogP contribution < -0.4 is 9.80 Å². The lowest BCUT2D eigenvalue weighted by Crippen LogP contribution is -2.69. The van der Waals surface area contributed by atoms with Gasteiger partial charge in [0.2, 0.25) is 33.0 Å². The van der Waals surface area contributed by atoms with Crippen LogP contribution in [-0.2, 0) is 0 Å². The standard InChI is InChI=1S/C18H20Cl4N8/c1-29(15-25-11(19)23-12(20)26-15)17-4-9-3-10(5-17)7-18(6-9,8-17)30(2)16-27-13(21)24-14(22)28-16/h9-10H,3-8H2,1-2H3. The van der Waals surface area contributed by atoms with Gasteiger partial charge in [-0.3, -0.25) is 0 Å². The summed E-state index contributed by atoms with van der Waals surface area (Å²) in [6.45, 7) is 0. The number of anilines is 2. The van der Waals surface area contributed by atoms with Crippen LogP contribution in [0.2, 0.25) is 21.1 Å². The van der Waals surface area contributed by atoms with Crippen molar-refractivity contribution in [2.75, 3.05) is 23.9 Å². The van der Waals surface area contributed by atoms with E-state index in [0.717, 1.165) is 32.1 Å². The molecule has 0 saturated heterocycles. The van der Waals surface area contributed by atoms with Gasteiger partial charge < -0.3 is 9.80 Å². The fourth-order valence-corrected chi connectivity index (χ4v) is 7.02. The van der Waals surface area contributed by atoms with Crippen molar-refractivity contribution in [1.29, 1.82) is 0 Å². The first-order chi connectivity index (χ1) is 14.2. The molecular weight excluding hydrogens is 470 g/mol. The van der Waals surface area contributed by atoms with Gasteiger partial charge in [0.1, 0.15) is 0 Å². The molecular formula is C18H20Cl4N8. The van der Waals surface area contributed by atoms with Crippen LogP contribution in [0.15, 0.2) is 0 Å². The Kier molecular flexibility index (Phi) is 4.93. The minimum absolute atomic E-state index is 0.0999. The monoisotopic (exact) mass is 488 g/mol. The van der Waals surface area contributed by atoms with Gasteiger partial charge >= 0.3 is 0 Å². The molecule has 8 nitrogen and oxygen atoms in total. The van der Waals surface area contributed by atoms with E-state index in [1.807, 2.05) is 14.1 Å². The van der Waals surface area contributed by atoms with Crippen LogP contribution in [0.4, 0.5) is 11.9 Å². The highest BCUT2D eigenvalue weighted by atomic mass is 35.5. The lowest BCUT2D eigenvalue weighted by molar-refractivity contribution is -0.0225. The van der Waals surface area contributed by atoms with E-state index in [-0.39, 0.29) is 32.2 Å². The van der Waals surface area contributed by atoms with Crippen molar-refractivity contribution in [2.45, 2.75) is 49.6 Å². The third kappa shape index (κ3) is 3.36. The predicted molar refractivity (Wildman–Crippen MR) is 117 cm³/mol. The second-order valence-electron chi connectivity index (χ2n) is 8.87. The van der Waals surface area contributed by atoms with E-state index in [4.69, 9.17) is 46.4 Å². The molecule has 160 valence electrons.